The fourth-order valence-corrected chi connectivity index (χ4v) is 7.86. The largest absolute Gasteiger partial charge is 0.493 e. The van der Waals surface area contributed by atoms with E-state index in [2.05, 4.69) is 34.9 Å². The Kier molecular flexibility index (Phi) is 13.6. The van der Waals surface area contributed by atoms with Crippen molar-refractivity contribution in [2.75, 3.05) is 26.4 Å². The third-order valence-electron chi connectivity index (χ3n) is 10.1. The number of ether oxygens (including phenoxy) is 4. The predicted molar refractivity (Wildman–Crippen MR) is 211 cm³/mol. The summed E-state index contributed by atoms with van der Waals surface area (Å²) < 4.78 is 24.9. The van der Waals surface area contributed by atoms with E-state index in [1.54, 1.807) is 24.3 Å². The van der Waals surface area contributed by atoms with Crippen LogP contribution in [0.5, 0.6) is 23.0 Å². The number of rotatable bonds is 19. The van der Waals surface area contributed by atoms with E-state index < -0.39 is 37.2 Å². The minimum Gasteiger partial charge on any atom is -0.493 e. The number of carbonyl (C=O) groups is 2. The molecule has 0 saturated carbocycles. The number of aliphatic hydroxyl groups excluding tert-OH is 2. The van der Waals surface area contributed by atoms with Crippen LogP contribution in [0.4, 0.5) is 0 Å². The first-order chi connectivity index (χ1) is 27.1. The van der Waals surface area contributed by atoms with Crippen LogP contribution in [-0.4, -0.2) is 70.9 Å². The molecule has 0 aromatic heterocycles. The molecule has 2 aliphatic carbocycles. The van der Waals surface area contributed by atoms with Crippen molar-refractivity contribution in [3.05, 3.63) is 104 Å². The molecule has 6 N–H and O–H groups in total. The maximum absolute atomic E-state index is 11.4. The number of benzene rings is 4. The van der Waals surface area contributed by atoms with Gasteiger partial charge in [-0.1, -0.05) is 59.6 Å². The van der Waals surface area contributed by atoms with Crippen molar-refractivity contribution >= 4 is 35.1 Å². The molecule has 0 aliphatic heterocycles. The second-order valence-corrected chi connectivity index (χ2v) is 14.4. The quantitative estimate of drug-likeness (QED) is 0.0595. The zero-order chi connectivity index (χ0) is 39.9. The minimum absolute atomic E-state index is 0.129. The Morgan fingerprint density at radius 3 is 1.45 bits per heavy atom. The summed E-state index contributed by atoms with van der Waals surface area (Å²) in [6.45, 7) is 3.63. The van der Waals surface area contributed by atoms with E-state index >= 15 is 0 Å². The van der Waals surface area contributed by atoms with Crippen LogP contribution in [0, 0.1) is 0 Å². The molecule has 2 aliphatic rings. The van der Waals surface area contributed by atoms with E-state index in [-0.39, 0.29) is 25.3 Å². The van der Waals surface area contributed by atoms with Crippen LogP contribution in [0.25, 0.3) is 11.1 Å². The Bertz CT molecular complexity index is 1920. The molecule has 4 aromatic rings. The van der Waals surface area contributed by atoms with E-state index in [0.717, 1.165) is 47.9 Å². The maximum Gasteiger partial charge on any atom is 0.323 e. The summed E-state index contributed by atoms with van der Waals surface area (Å²) in [5.74, 6) is -0.356. The van der Waals surface area contributed by atoms with Gasteiger partial charge in [-0.25, -0.2) is 0 Å². The number of carboxylic acids is 2. The van der Waals surface area contributed by atoms with Gasteiger partial charge in [0.15, 0.2) is 0 Å². The Morgan fingerprint density at radius 2 is 1.09 bits per heavy atom. The molecule has 0 spiro atoms. The monoisotopic (exact) mass is 808 g/mol. The summed E-state index contributed by atoms with van der Waals surface area (Å²) >= 11 is 13.5. The molecule has 4 atom stereocenters. The van der Waals surface area contributed by atoms with Gasteiger partial charge < -0.3 is 39.4 Å². The van der Waals surface area contributed by atoms with Crippen molar-refractivity contribution in [3.63, 3.8) is 0 Å². The molecule has 0 heterocycles. The lowest BCUT2D eigenvalue weighted by Gasteiger charge is -2.21. The molecule has 12 nitrogen and oxygen atoms in total. The topological polar surface area (TPSA) is 176 Å². The summed E-state index contributed by atoms with van der Waals surface area (Å²) in [6, 6.07) is 17.2. The molecule has 0 unspecified atom stereocenters. The lowest BCUT2D eigenvalue weighted by atomic mass is 9.91. The molecular weight excluding hydrogens is 763 g/mol. The van der Waals surface area contributed by atoms with E-state index in [1.807, 2.05) is 26.0 Å². The highest BCUT2D eigenvalue weighted by Gasteiger charge is 2.32. The predicted octanol–water partition coefficient (Wildman–Crippen LogP) is 6.66. The standard InChI is InChI=1S/C42H46Cl2N2O10/c1-3-53-37-17-39(31(43)15-23(37)19-45-33(21-47)41(49)50)55-35-13-11-27-25(7-5-9-29(27)35)26-8-6-10-30-28(26)12-14-36(30)56-40-18-38(54-4-2)24(16-32(40)44)20-46-34(22-48)42(51)52/h5-10,15-18,33-36,45-48H,3-4,11-14,19-22H2,1-2H3,(H,49,50)(H,51,52)/t33-,34-,35-,36-/m0/s1. The number of nitrogens with one attached hydrogen (secondary N) is 2. The van der Waals surface area contributed by atoms with Crippen LogP contribution >= 0.6 is 23.2 Å². The third-order valence-corrected chi connectivity index (χ3v) is 10.7. The van der Waals surface area contributed by atoms with Gasteiger partial charge in [-0.2, -0.15) is 0 Å². The third kappa shape index (κ3) is 9.01. The number of carboxylic acid groups (broad SMARTS) is 2. The smallest absolute Gasteiger partial charge is 0.323 e. The van der Waals surface area contributed by atoms with E-state index in [0.29, 0.717) is 57.4 Å². The van der Waals surface area contributed by atoms with Crippen molar-refractivity contribution in [1.29, 1.82) is 0 Å². The van der Waals surface area contributed by atoms with Gasteiger partial charge in [-0.3, -0.25) is 20.2 Å². The average Bonchev–Trinajstić information content (AvgIpc) is 3.79. The number of halogens is 2. The number of fused-ring (bicyclic) bond motifs is 2. The first kappa shape index (κ1) is 41.1. The lowest BCUT2D eigenvalue weighted by Crippen LogP contribution is -2.39. The second-order valence-electron chi connectivity index (χ2n) is 13.6. The fraction of sp³-hybridized carbons (Fsp3) is 0.381. The maximum atomic E-state index is 11.4. The van der Waals surface area contributed by atoms with Gasteiger partial charge in [0.05, 0.1) is 36.5 Å². The summed E-state index contributed by atoms with van der Waals surface area (Å²) in [5, 5.41) is 43.9. The van der Waals surface area contributed by atoms with Gasteiger partial charge in [-0.15, -0.1) is 0 Å². The number of hydrogen-bond donors (Lipinski definition) is 6. The summed E-state index contributed by atoms with van der Waals surface area (Å²) in [6.07, 6.45) is 2.60. The fourth-order valence-electron chi connectivity index (χ4n) is 7.40. The van der Waals surface area contributed by atoms with Crippen molar-refractivity contribution in [2.45, 2.75) is 76.9 Å². The SMILES string of the molecule is CCOc1cc(O[C@H]2CCc3c(-c4cccc5c4CC[C@@H]5Oc4cc(OCC)c(CN[C@@H](CO)C(=O)O)cc4Cl)cccc32)c(Cl)cc1CN[C@@H](CO)C(=O)O. The van der Waals surface area contributed by atoms with Crippen LogP contribution in [0.15, 0.2) is 60.7 Å². The van der Waals surface area contributed by atoms with Crippen molar-refractivity contribution in [2.24, 2.45) is 0 Å². The number of aliphatic carboxylic acids is 2. The Hall–Kier alpha value is -4.56. The zero-order valence-corrected chi connectivity index (χ0v) is 32.7. The van der Waals surface area contributed by atoms with Crippen LogP contribution < -0.4 is 29.6 Å². The zero-order valence-electron chi connectivity index (χ0n) is 31.1. The molecule has 6 rings (SSSR count). The Balaban J connectivity index is 1.22. The van der Waals surface area contributed by atoms with Crippen LogP contribution in [0.2, 0.25) is 10.0 Å². The van der Waals surface area contributed by atoms with E-state index in [4.69, 9.17) is 42.1 Å². The van der Waals surface area contributed by atoms with Crippen molar-refractivity contribution in [3.8, 4) is 34.1 Å². The van der Waals surface area contributed by atoms with E-state index in [9.17, 15) is 30.0 Å². The molecule has 0 radical (unpaired) electrons. The first-order valence-corrected chi connectivity index (χ1v) is 19.4. The Morgan fingerprint density at radius 1 is 0.679 bits per heavy atom. The molecule has 0 bridgehead atoms. The van der Waals surface area contributed by atoms with Gasteiger partial charge in [0.25, 0.3) is 0 Å². The summed E-state index contributed by atoms with van der Waals surface area (Å²) in [5.41, 5.74) is 8.15. The summed E-state index contributed by atoms with van der Waals surface area (Å²) in [7, 11) is 0. The molecule has 0 saturated heterocycles. The highest BCUT2D eigenvalue weighted by molar-refractivity contribution is 6.32. The Labute approximate surface area is 335 Å². The van der Waals surface area contributed by atoms with Gasteiger partial charge in [0.1, 0.15) is 47.3 Å². The highest BCUT2D eigenvalue weighted by Crippen LogP contribution is 2.47. The normalized spacial score (nSPS) is 16.8. The van der Waals surface area contributed by atoms with E-state index in [1.165, 1.54) is 11.1 Å². The van der Waals surface area contributed by atoms with Gasteiger partial charge in [0.2, 0.25) is 0 Å². The van der Waals surface area contributed by atoms with Crippen molar-refractivity contribution < 1.29 is 49.0 Å². The van der Waals surface area contributed by atoms with Gasteiger partial charge in [0, 0.05) is 36.3 Å². The van der Waals surface area contributed by atoms with Gasteiger partial charge in [-0.05, 0) is 85.0 Å². The average molecular weight is 810 g/mol. The lowest BCUT2D eigenvalue weighted by molar-refractivity contribution is -0.141. The molecule has 0 amide bonds. The molecule has 0 fully saturated rings. The van der Waals surface area contributed by atoms with Crippen LogP contribution in [0.1, 0.15) is 72.3 Å². The molecule has 4 aromatic carbocycles. The first-order valence-electron chi connectivity index (χ1n) is 18.7. The minimum atomic E-state index is -1.16. The second kappa shape index (κ2) is 18.6. The van der Waals surface area contributed by atoms with Crippen molar-refractivity contribution in [1.82, 2.24) is 10.6 Å². The molecule has 14 heteroatoms. The van der Waals surface area contributed by atoms with Crippen LogP contribution in [0.3, 0.4) is 0 Å². The summed E-state index contributed by atoms with van der Waals surface area (Å²) in [4.78, 5) is 22.8. The molecule has 298 valence electrons. The molecular formula is C42H46Cl2N2O10. The number of hydrogen-bond acceptors (Lipinski definition) is 10. The highest BCUT2D eigenvalue weighted by atomic mass is 35.5. The molecule has 56 heavy (non-hydrogen) atoms. The van der Waals surface area contributed by atoms with Crippen LogP contribution in [-0.2, 0) is 35.5 Å². The van der Waals surface area contributed by atoms with Gasteiger partial charge >= 0.3 is 11.9 Å². The number of aliphatic hydroxyl groups is 2.